The maximum absolute atomic E-state index is 14.1. The van der Waals surface area contributed by atoms with Gasteiger partial charge in [-0.25, -0.2) is 4.39 Å². The second-order valence-corrected chi connectivity index (χ2v) is 6.64. The molecule has 0 spiro atoms. The second kappa shape index (κ2) is 8.42. The lowest BCUT2D eigenvalue weighted by molar-refractivity contribution is -0.0790. The Bertz CT molecular complexity index is 949. The molecule has 0 aromatic heterocycles. The van der Waals surface area contributed by atoms with Crippen molar-refractivity contribution >= 4 is 6.08 Å². The van der Waals surface area contributed by atoms with E-state index in [4.69, 9.17) is 0 Å². The van der Waals surface area contributed by atoms with Crippen molar-refractivity contribution in [3.63, 3.8) is 0 Å². The molecule has 0 radical (unpaired) electrons. The number of halogens is 4. The number of hydrogen-bond donors (Lipinski definition) is 0. The predicted molar refractivity (Wildman–Crippen MR) is 106 cm³/mol. The normalized spacial score (nSPS) is 11.9. The molecule has 0 unspecified atom stereocenters. The van der Waals surface area contributed by atoms with Crippen LogP contribution in [0.15, 0.2) is 72.8 Å². The standard InChI is InChI=1S/C24H20F4/c1-2-3-17-4-6-18(7-5-17)19-8-10-20(11-9-19)22-13-12-21(23(25)16-22)14-15-24(26,27)28/h4-16H,2-3H2,1H3/b15-14+. The third-order valence-electron chi connectivity index (χ3n) is 4.50. The van der Waals surface area contributed by atoms with Gasteiger partial charge >= 0.3 is 6.18 Å². The fraction of sp³-hybridized carbons (Fsp3) is 0.167. The summed E-state index contributed by atoms with van der Waals surface area (Å²) < 4.78 is 50.9. The Morgan fingerprint density at radius 3 is 1.75 bits per heavy atom. The van der Waals surface area contributed by atoms with Gasteiger partial charge < -0.3 is 0 Å². The Kier molecular flexibility index (Phi) is 5.98. The summed E-state index contributed by atoms with van der Waals surface area (Å²) in [5.74, 6) is -0.686. The summed E-state index contributed by atoms with van der Waals surface area (Å²) in [6, 6.07) is 20.3. The molecule has 0 bridgehead atoms. The van der Waals surface area contributed by atoms with E-state index in [-0.39, 0.29) is 11.6 Å². The molecule has 28 heavy (non-hydrogen) atoms. The third-order valence-corrected chi connectivity index (χ3v) is 4.50. The molecule has 0 aliphatic rings. The summed E-state index contributed by atoms with van der Waals surface area (Å²) in [4.78, 5) is 0. The van der Waals surface area contributed by atoms with Gasteiger partial charge in [0.1, 0.15) is 5.82 Å². The van der Waals surface area contributed by atoms with Crippen molar-refractivity contribution < 1.29 is 17.6 Å². The zero-order valence-electron chi connectivity index (χ0n) is 15.4. The molecule has 0 heterocycles. The van der Waals surface area contributed by atoms with Crippen LogP contribution in [-0.2, 0) is 6.42 Å². The molecule has 3 rings (SSSR count). The first-order valence-corrected chi connectivity index (χ1v) is 9.11. The molecule has 144 valence electrons. The van der Waals surface area contributed by atoms with Crippen molar-refractivity contribution in [2.75, 3.05) is 0 Å². The van der Waals surface area contributed by atoms with E-state index in [1.54, 1.807) is 6.07 Å². The quantitative estimate of drug-likeness (QED) is 0.396. The monoisotopic (exact) mass is 384 g/mol. The van der Waals surface area contributed by atoms with Crippen LogP contribution in [0.4, 0.5) is 17.6 Å². The topological polar surface area (TPSA) is 0 Å². The van der Waals surface area contributed by atoms with Gasteiger partial charge in [0.25, 0.3) is 0 Å². The van der Waals surface area contributed by atoms with Gasteiger partial charge in [-0.15, -0.1) is 0 Å². The third kappa shape index (κ3) is 5.10. The average Bonchev–Trinajstić information content (AvgIpc) is 2.67. The maximum atomic E-state index is 14.1. The van der Waals surface area contributed by atoms with Crippen LogP contribution < -0.4 is 0 Å². The van der Waals surface area contributed by atoms with E-state index in [0.717, 1.165) is 35.6 Å². The highest BCUT2D eigenvalue weighted by atomic mass is 19.4. The van der Waals surface area contributed by atoms with Crippen molar-refractivity contribution in [2.24, 2.45) is 0 Å². The first kappa shape index (κ1) is 19.9. The maximum Gasteiger partial charge on any atom is 0.409 e. The van der Waals surface area contributed by atoms with Crippen LogP contribution in [0, 0.1) is 5.82 Å². The summed E-state index contributed by atoms with van der Waals surface area (Å²) in [6.45, 7) is 2.15. The lowest BCUT2D eigenvalue weighted by atomic mass is 9.98. The summed E-state index contributed by atoms with van der Waals surface area (Å²) in [7, 11) is 0. The molecule has 0 nitrogen and oxygen atoms in total. The molecule has 0 aliphatic carbocycles. The molecule has 0 aliphatic heterocycles. The van der Waals surface area contributed by atoms with Gasteiger partial charge in [0, 0.05) is 11.6 Å². The fourth-order valence-electron chi connectivity index (χ4n) is 3.03. The van der Waals surface area contributed by atoms with E-state index >= 15 is 0 Å². The van der Waals surface area contributed by atoms with Crippen LogP contribution in [0.25, 0.3) is 28.3 Å². The second-order valence-electron chi connectivity index (χ2n) is 6.64. The molecule has 4 heteroatoms. The van der Waals surface area contributed by atoms with Gasteiger partial charge in [0.05, 0.1) is 0 Å². The van der Waals surface area contributed by atoms with Gasteiger partial charge in [0.15, 0.2) is 0 Å². The highest BCUT2D eigenvalue weighted by molar-refractivity contribution is 5.71. The molecule has 0 fully saturated rings. The van der Waals surface area contributed by atoms with Gasteiger partial charge in [-0.3, -0.25) is 0 Å². The van der Waals surface area contributed by atoms with Gasteiger partial charge in [-0.1, -0.05) is 74.0 Å². The molecule has 3 aromatic rings. The number of rotatable bonds is 5. The molecule has 3 aromatic carbocycles. The Morgan fingerprint density at radius 2 is 1.25 bits per heavy atom. The van der Waals surface area contributed by atoms with Gasteiger partial charge in [0.2, 0.25) is 0 Å². The van der Waals surface area contributed by atoms with Gasteiger partial charge in [-0.05, 0) is 46.4 Å². The minimum atomic E-state index is -4.46. The van der Waals surface area contributed by atoms with Crippen LogP contribution in [0.5, 0.6) is 0 Å². The number of alkyl halides is 3. The van der Waals surface area contributed by atoms with E-state index in [1.807, 2.05) is 24.3 Å². The van der Waals surface area contributed by atoms with E-state index in [1.165, 1.54) is 17.7 Å². The van der Waals surface area contributed by atoms with Crippen LogP contribution in [0.3, 0.4) is 0 Å². The minimum Gasteiger partial charge on any atom is -0.206 e. The van der Waals surface area contributed by atoms with Crippen molar-refractivity contribution in [1.82, 2.24) is 0 Å². The smallest absolute Gasteiger partial charge is 0.206 e. The van der Waals surface area contributed by atoms with Gasteiger partial charge in [-0.2, -0.15) is 13.2 Å². The van der Waals surface area contributed by atoms with Crippen molar-refractivity contribution in [2.45, 2.75) is 25.9 Å². The van der Waals surface area contributed by atoms with Crippen LogP contribution in [0.1, 0.15) is 24.5 Å². The molecule has 0 amide bonds. The largest absolute Gasteiger partial charge is 0.409 e. The number of aryl methyl sites for hydroxylation is 1. The number of hydrogen-bond acceptors (Lipinski definition) is 0. The average molecular weight is 384 g/mol. The lowest BCUT2D eigenvalue weighted by Gasteiger charge is -2.07. The van der Waals surface area contributed by atoms with Crippen LogP contribution in [0.2, 0.25) is 0 Å². The molecular weight excluding hydrogens is 364 g/mol. The van der Waals surface area contributed by atoms with E-state index in [9.17, 15) is 17.6 Å². The van der Waals surface area contributed by atoms with Crippen molar-refractivity contribution in [3.8, 4) is 22.3 Å². The lowest BCUT2D eigenvalue weighted by Crippen LogP contribution is -2.00. The summed E-state index contributed by atoms with van der Waals surface area (Å²) >= 11 is 0. The minimum absolute atomic E-state index is 0.0334. The summed E-state index contributed by atoms with van der Waals surface area (Å²) in [5.41, 5.74) is 4.79. The summed E-state index contributed by atoms with van der Waals surface area (Å²) in [5, 5.41) is 0. The molecule has 0 saturated heterocycles. The Labute approximate surface area is 162 Å². The Hall–Kier alpha value is -2.88. The Morgan fingerprint density at radius 1 is 0.750 bits per heavy atom. The van der Waals surface area contributed by atoms with Crippen molar-refractivity contribution in [3.05, 3.63) is 89.8 Å². The molecule has 0 atom stereocenters. The highest BCUT2D eigenvalue weighted by Crippen LogP contribution is 2.27. The number of allylic oxidation sites excluding steroid dienone is 1. The first-order valence-electron chi connectivity index (χ1n) is 9.11. The van der Waals surface area contributed by atoms with E-state index in [0.29, 0.717) is 5.56 Å². The zero-order valence-corrected chi connectivity index (χ0v) is 15.4. The SMILES string of the molecule is CCCc1ccc(-c2ccc(-c3ccc(/C=C/C(F)(F)F)c(F)c3)cc2)cc1. The van der Waals surface area contributed by atoms with Crippen molar-refractivity contribution in [1.29, 1.82) is 0 Å². The molecule has 0 saturated carbocycles. The zero-order chi connectivity index (χ0) is 20.1. The Balaban J connectivity index is 1.79. The molecular formula is C24H20F4. The summed E-state index contributed by atoms with van der Waals surface area (Å²) in [6.07, 6.45) is -1.53. The van der Waals surface area contributed by atoms with Crippen LogP contribution in [-0.4, -0.2) is 6.18 Å². The predicted octanol–water partition coefficient (Wildman–Crippen LogP) is 7.69. The van der Waals surface area contributed by atoms with E-state index < -0.39 is 12.0 Å². The molecule has 0 N–H and O–H groups in total. The first-order chi connectivity index (χ1) is 13.4. The van der Waals surface area contributed by atoms with Crippen LogP contribution >= 0.6 is 0 Å². The fourth-order valence-corrected chi connectivity index (χ4v) is 3.03. The van der Waals surface area contributed by atoms with E-state index in [2.05, 4.69) is 31.2 Å². The number of benzene rings is 3. The highest BCUT2D eigenvalue weighted by Gasteiger charge is 2.22.